The minimum Gasteiger partial charge on any atom is -0.379 e. The van der Waals surface area contributed by atoms with E-state index in [1.165, 1.54) is 11.1 Å². The van der Waals surface area contributed by atoms with Gasteiger partial charge >= 0.3 is 0 Å². The van der Waals surface area contributed by atoms with Gasteiger partial charge in [0.25, 0.3) is 0 Å². The molecule has 1 aliphatic rings. The lowest BCUT2D eigenvalue weighted by atomic mass is 9.82. The maximum atomic E-state index is 5.92. The molecular formula is C16H27N3O. The molecule has 20 heavy (non-hydrogen) atoms. The number of hydrogen-bond donors (Lipinski definition) is 2. The van der Waals surface area contributed by atoms with Crippen LogP contribution in [0.2, 0.25) is 0 Å². The number of nitrogens with zero attached hydrogens (tertiary/aromatic N) is 1. The van der Waals surface area contributed by atoms with Crippen LogP contribution in [0.15, 0.2) is 24.3 Å². The molecule has 1 fully saturated rings. The summed E-state index contributed by atoms with van der Waals surface area (Å²) >= 11 is 0. The topological polar surface area (TPSA) is 50.5 Å². The second kappa shape index (κ2) is 6.68. The maximum Gasteiger partial charge on any atom is 0.0641 e. The number of nitrogens with two attached hydrogens (primary N) is 1. The van der Waals surface area contributed by atoms with Crippen LogP contribution in [0.3, 0.4) is 0 Å². The molecule has 0 aliphatic carbocycles. The summed E-state index contributed by atoms with van der Waals surface area (Å²) in [6.07, 6.45) is 1.04. The Labute approximate surface area is 122 Å². The number of hydrogen-bond acceptors (Lipinski definition) is 4. The normalized spacial score (nSPS) is 21.4. The minimum atomic E-state index is -0.00762. The molecule has 0 amide bonds. The summed E-state index contributed by atoms with van der Waals surface area (Å²) in [4.78, 5) is 2.50. The van der Waals surface area contributed by atoms with Crippen LogP contribution < -0.4 is 11.3 Å². The fourth-order valence-electron chi connectivity index (χ4n) is 3.17. The van der Waals surface area contributed by atoms with E-state index >= 15 is 0 Å². The van der Waals surface area contributed by atoms with E-state index in [1.807, 2.05) is 0 Å². The van der Waals surface area contributed by atoms with Crippen LogP contribution in [-0.4, -0.2) is 36.7 Å². The first kappa shape index (κ1) is 15.4. The zero-order valence-electron chi connectivity index (χ0n) is 12.9. The lowest BCUT2D eigenvalue weighted by molar-refractivity contribution is -0.0329. The van der Waals surface area contributed by atoms with Crippen LogP contribution in [-0.2, 0) is 4.74 Å². The van der Waals surface area contributed by atoms with Crippen LogP contribution in [0.1, 0.15) is 37.4 Å². The molecule has 1 aliphatic heterocycles. The number of aryl methyl sites for hydroxylation is 1. The first-order chi connectivity index (χ1) is 9.61. The average Bonchev–Trinajstić information content (AvgIpc) is 2.48. The van der Waals surface area contributed by atoms with Crippen LogP contribution in [0.25, 0.3) is 0 Å². The highest BCUT2D eigenvalue weighted by atomic mass is 16.5. The third-order valence-electron chi connectivity index (χ3n) is 4.61. The first-order valence-electron chi connectivity index (χ1n) is 7.47. The summed E-state index contributed by atoms with van der Waals surface area (Å²) in [6, 6.07) is 8.72. The molecule has 4 heteroatoms. The molecule has 112 valence electrons. The number of morpholine rings is 1. The Morgan fingerprint density at radius 2 is 2.10 bits per heavy atom. The van der Waals surface area contributed by atoms with Crippen LogP contribution >= 0.6 is 0 Å². The highest BCUT2D eigenvalue weighted by Crippen LogP contribution is 2.34. The van der Waals surface area contributed by atoms with Gasteiger partial charge in [0.05, 0.1) is 19.3 Å². The molecule has 2 atom stereocenters. The molecule has 2 unspecified atom stereocenters. The van der Waals surface area contributed by atoms with E-state index in [-0.39, 0.29) is 11.6 Å². The lowest BCUT2D eigenvalue weighted by Crippen LogP contribution is -2.58. The molecular weight excluding hydrogens is 250 g/mol. The van der Waals surface area contributed by atoms with Crippen molar-refractivity contribution in [3.8, 4) is 0 Å². The van der Waals surface area contributed by atoms with E-state index in [2.05, 4.69) is 55.4 Å². The number of rotatable bonds is 5. The van der Waals surface area contributed by atoms with Crippen molar-refractivity contribution < 1.29 is 4.74 Å². The number of ether oxygens (including phenoxy) is 1. The van der Waals surface area contributed by atoms with Crippen molar-refractivity contribution in [2.45, 2.75) is 38.8 Å². The van der Waals surface area contributed by atoms with Gasteiger partial charge in [-0.15, -0.1) is 0 Å². The van der Waals surface area contributed by atoms with Gasteiger partial charge in [0, 0.05) is 18.6 Å². The summed E-state index contributed by atoms with van der Waals surface area (Å²) in [7, 11) is 0. The van der Waals surface area contributed by atoms with E-state index < -0.39 is 0 Å². The predicted octanol–water partition coefficient (Wildman–Crippen LogP) is 2.00. The van der Waals surface area contributed by atoms with E-state index in [0.717, 1.165) is 32.7 Å². The molecule has 0 bridgehead atoms. The van der Waals surface area contributed by atoms with Gasteiger partial charge in [-0.1, -0.05) is 36.8 Å². The second-order valence-corrected chi connectivity index (χ2v) is 5.82. The van der Waals surface area contributed by atoms with Crippen LogP contribution in [0, 0.1) is 6.92 Å². The fraction of sp³-hybridized carbons (Fsp3) is 0.625. The quantitative estimate of drug-likeness (QED) is 0.638. The average molecular weight is 277 g/mol. The van der Waals surface area contributed by atoms with Gasteiger partial charge in [-0.25, -0.2) is 0 Å². The summed E-state index contributed by atoms with van der Waals surface area (Å²) in [5.41, 5.74) is 5.56. The van der Waals surface area contributed by atoms with Crippen molar-refractivity contribution in [2.75, 3.05) is 26.3 Å². The van der Waals surface area contributed by atoms with E-state index in [9.17, 15) is 0 Å². The third kappa shape index (κ3) is 3.04. The fourth-order valence-corrected chi connectivity index (χ4v) is 3.17. The molecule has 0 saturated carbocycles. The van der Waals surface area contributed by atoms with E-state index in [4.69, 9.17) is 10.6 Å². The summed E-state index contributed by atoms with van der Waals surface area (Å²) in [6.45, 7) is 10.2. The summed E-state index contributed by atoms with van der Waals surface area (Å²) < 4.78 is 5.48. The standard InChI is InChI=1S/C16H27N3O/c1-4-16(3,19-8-10-20-11-9-19)15(18-17)14-7-5-6-13(2)12-14/h5-7,12,15,18H,4,8-11,17H2,1-3H3. The lowest BCUT2D eigenvalue weighted by Gasteiger charge is -2.47. The van der Waals surface area contributed by atoms with Gasteiger partial charge in [0.1, 0.15) is 0 Å². The Morgan fingerprint density at radius 1 is 1.40 bits per heavy atom. The zero-order valence-corrected chi connectivity index (χ0v) is 12.9. The molecule has 3 N–H and O–H groups in total. The van der Waals surface area contributed by atoms with Gasteiger partial charge in [0.15, 0.2) is 0 Å². The van der Waals surface area contributed by atoms with Crippen molar-refractivity contribution in [3.05, 3.63) is 35.4 Å². The Morgan fingerprint density at radius 3 is 2.65 bits per heavy atom. The highest BCUT2D eigenvalue weighted by Gasteiger charge is 2.39. The molecule has 1 heterocycles. The van der Waals surface area contributed by atoms with E-state index in [1.54, 1.807) is 0 Å². The third-order valence-corrected chi connectivity index (χ3v) is 4.61. The largest absolute Gasteiger partial charge is 0.379 e. The molecule has 1 aromatic rings. The number of hydrazine groups is 1. The van der Waals surface area contributed by atoms with Crippen molar-refractivity contribution >= 4 is 0 Å². The van der Waals surface area contributed by atoms with E-state index in [0.29, 0.717) is 0 Å². The van der Waals surface area contributed by atoms with Crippen LogP contribution in [0.5, 0.6) is 0 Å². The Bertz CT molecular complexity index is 431. The van der Waals surface area contributed by atoms with Crippen molar-refractivity contribution in [1.29, 1.82) is 0 Å². The Hall–Kier alpha value is -0.940. The summed E-state index contributed by atoms with van der Waals surface area (Å²) in [5.74, 6) is 5.92. The second-order valence-electron chi connectivity index (χ2n) is 5.82. The molecule has 2 rings (SSSR count). The first-order valence-corrected chi connectivity index (χ1v) is 7.47. The molecule has 1 saturated heterocycles. The Balaban J connectivity index is 2.30. The predicted molar refractivity (Wildman–Crippen MR) is 82.3 cm³/mol. The van der Waals surface area contributed by atoms with Gasteiger partial charge < -0.3 is 4.74 Å². The molecule has 0 radical (unpaired) electrons. The Kier molecular flexibility index (Phi) is 5.16. The van der Waals surface area contributed by atoms with Crippen molar-refractivity contribution in [3.63, 3.8) is 0 Å². The summed E-state index contributed by atoms with van der Waals surface area (Å²) in [5, 5.41) is 0. The van der Waals surface area contributed by atoms with Gasteiger partial charge in [0.2, 0.25) is 0 Å². The monoisotopic (exact) mass is 277 g/mol. The van der Waals surface area contributed by atoms with Gasteiger partial charge in [-0.2, -0.15) is 0 Å². The molecule has 0 aromatic heterocycles. The SMILES string of the molecule is CCC(C)(C(NN)c1cccc(C)c1)N1CCOCC1. The maximum absolute atomic E-state index is 5.92. The number of benzene rings is 1. The smallest absolute Gasteiger partial charge is 0.0641 e. The van der Waals surface area contributed by atoms with Crippen molar-refractivity contribution in [1.82, 2.24) is 10.3 Å². The zero-order chi connectivity index (χ0) is 14.6. The minimum absolute atomic E-state index is 0.00762. The number of nitrogens with one attached hydrogen (secondary N) is 1. The highest BCUT2D eigenvalue weighted by molar-refractivity contribution is 5.27. The molecule has 1 aromatic carbocycles. The van der Waals surface area contributed by atoms with Gasteiger partial charge in [-0.05, 0) is 25.8 Å². The van der Waals surface area contributed by atoms with Crippen LogP contribution in [0.4, 0.5) is 0 Å². The molecule has 4 nitrogen and oxygen atoms in total. The van der Waals surface area contributed by atoms with Crippen molar-refractivity contribution in [2.24, 2.45) is 5.84 Å². The van der Waals surface area contributed by atoms with Gasteiger partial charge in [-0.3, -0.25) is 16.2 Å². The molecule has 0 spiro atoms.